The first-order valence-corrected chi connectivity index (χ1v) is 26.3. The Morgan fingerprint density at radius 2 is 0.545 bits per heavy atom. The molecule has 0 aromatic carbocycles. The van der Waals surface area contributed by atoms with E-state index in [1.165, 1.54) is 26.4 Å². The van der Waals surface area contributed by atoms with Crippen LogP contribution in [-0.4, -0.2) is 201 Å². The molecule has 0 spiro atoms. The van der Waals surface area contributed by atoms with E-state index in [4.69, 9.17) is 38.6 Å². The fraction of sp³-hybridized carbons (Fsp3) is 0.714. The van der Waals surface area contributed by atoms with Gasteiger partial charge in [-0.1, -0.05) is 69.9 Å². The summed E-state index contributed by atoms with van der Waals surface area (Å²) in [4.78, 5) is 138. The van der Waals surface area contributed by atoms with Gasteiger partial charge in [-0.25, -0.2) is 57.5 Å². The second kappa shape index (κ2) is 64.5. The molecule has 516 valence electrons. The first-order chi connectivity index (χ1) is 39.3. The van der Waals surface area contributed by atoms with Crippen LogP contribution < -0.4 is 42.5 Å². The third-order valence-corrected chi connectivity index (χ3v) is 10.5. The summed E-state index contributed by atoms with van der Waals surface area (Å²) < 4.78 is 47.8. The minimum atomic E-state index is -1.18. The number of methoxy groups -OCH3 is 4. The molecule has 0 bridgehead atoms. The van der Waals surface area contributed by atoms with Crippen LogP contribution in [0.3, 0.4) is 0 Å². The van der Waals surface area contributed by atoms with Crippen molar-refractivity contribution in [1.82, 2.24) is 42.5 Å². The van der Waals surface area contributed by atoms with E-state index >= 15 is 0 Å². The van der Waals surface area contributed by atoms with Crippen molar-refractivity contribution in [3.63, 3.8) is 0 Å². The Kier molecular flexibility index (Phi) is 70.3. The smallest absolute Gasteiger partial charge is 0.407 e. The van der Waals surface area contributed by atoms with Crippen LogP contribution in [-0.2, 0) is 66.5 Å². The highest BCUT2D eigenvalue weighted by Gasteiger charge is 2.24. The average molecular weight is 1280 g/mol. The monoisotopic (exact) mass is 1280 g/mol. The van der Waals surface area contributed by atoms with Crippen molar-refractivity contribution in [1.29, 1.82) is 0 Å². The van der Waals surface area contributed by atoms with Crippen molar-refractivity contribution in [3.05, 3.63) is 25.3 Å². The van der Waals surface area contributed by atoms with E-state index in [0.29, 0.717) is 90.1 Å². The molecule has 0 rings (SSSR count). The molecular weight excluding hydrogens is 1170 g/mol. The Hall–Kier alpha value is -8.48. The lowest BCUT2D eigenvalue weighted by Gasteiger charge is -2.16. The summed E-state index contributed by atoms with van der Waals surface area (Å²) in [5, 5.41) is 37.6. The van der Waals surface area contributed by atoms with Gasteiger partial charge in [0.1, 0.15) is 37.4 Å². The molecule has 8 amide bonds. The van der Waals surface area contributed by atoms with E-state index in [1.54, 1.807) is 0 Å². The lowest BCUT2D eigenvalue weighted by atomic mass is 10.1. The molecule has 0 aliphatic carbocycles. The third kappa shape index (κ3) is 56.6. The van der Waals surface area contributed by atoms with Crippen LogP contribution in [0.1, 0.15) is 147 Å². The maximum absolute atomic E-state index is 12.0. The topological polar surface area (TPSA) is 434 Å². The number of ether oxygens (including phenoxy) is 10. The molecule has 32 nitrogen and oxygen atoms in total. The van der Waals surface area contributed by atoms with Gasteiger partial charge in [0.2, 0.25) is 0 Å². The second-order valence-corrected chi connectivity index (χ2v) is 16.9. The number of amides is 8. The van der Waals surface area contributed by atoms with Gasteiger partial charge in [0, 0.05) is 26.2 Å². The minimum Gasteiger partial charge on any atom is -0.480 e. The number of aliphatic carboxylic acids is 2. The largest absolute Gasteiger partial charge is 0.480 e. The molecular formula is C56H108N8O24. The number of esters is 2. The highest BCUT2D eigenvalue weighted by Crippen LogP contribution is 2.07. The molecule has 88 heavy (non-hydrogen) atoms. The standard InChI is InChI=1S/C28H46N4O12.C22H38N4O12.6CH4/c1-5-17-41-23(33)21(31-27(37)39-3)13-7-9-15-29-25(35)43-19-11-12-20-44-26(36)30-16-10-8-14-22(32-28(38)40-4)24(34)42-18-6-2;1-35-21(33)25-15(17(27)28)9-3-5-11-23-19(31)37-13-7-8-14-38-20(32)24-12-6-4-10-16(18(29)30)26-22(34)36-2;;;;;;/h5-6,21-22H,1-2,7-20H2,3-4H3,(H,29,35)(H,30,36)(H,31,37)(H,32,38);15-16H,3-14H2,1-2H3,(H,23,31)(H,24,32)(H,25,33)(H,26,34)(H,27,28)(H,29,30);6*1H4. The Bertz CT molecular complexity index is 1820. The number of hydrogen-bond acceptors (Lipinski definition) is 22. The zero-order valence-electron chi connectivity index (χ0n) is 47.1. The van der Waals surface area contributed by atoms with Crippen molar-refractivity contribution in [3.8, 4) is 0 Å². The number of hydrogen-bond donors (Lipinski definition) is 10. The average Bonchev–Trinajstić information content (AvgIpc) is 3.51. The van der Waals surface area contributed by atoms with Crippen LogP contribution in [0, 0.1) is 0 Å². The van der Waals surface area contributed by atoms with E-state index in [2.05, 4.69) is 74.6 Å². The van der Waals surface area contributed by atoms with E-state index < -0.39 is 96.8 Å². The van der Waals surface area contributed by atoms with Crippen LogP contribution in [0.4, 0.5) is 38.4 Å². The van der Waals surface area contributed by atoms with Gasteiger partial charge in [-0.2, -0.15) is 0 Å². The summed E-state index contributed by atoms with van der Waals surface area (Å²) in [6.07, 6.45) is 3.93. The number of unbranched alkanes of at least 4 members (excludes halogenated alkanes) is 6. The number of carboxylic acids is 2. The summed E-state index contributed by atoms with van der Waals surface area (Å²) in [5.74, 6) is -3.57. The number of carboxylic acid groups (broad SMARTS) is 2. The number of rotatable bonds is 42. The zero-order valence-corrected chi connectivity index (χ0v) is 47.1. The zero-order chi connectivity index (χ0) is 61.8. The van der Waals surface area contributed by atoms with Crippen molar-refractivity contribution >= 4 is 72.6 Å². The van der Waals surface area contributed by atoms with Gasteiger partial charge >= 0.3 is 72.6 Å². The Labute approximate surface area is 520 Å². The summed E-state index contributed by atoms with van der Waals surface area (Å²) in [5.41, 5.74) is 0. The Morgan fingerprint density at radius 3 is 0.750 bits per heavy atom. The number of carbonyl (C=O) groups is 12. The Morgan fingerprint density at radius 1 is 0.330 bits per heavy atom. The molecule has 0 aliphatic heterocycles. The van der Waals surface area contributed by atoms with Crippen LogP contribution in [0.2, 0.25) is 0 Å². The van der Waals surface area contributed by atoms with Gasteiger partial charge in [0.05, 0.1) is 54.9 Å². The summed E-state index contributed by atoms with van der Waals surface area (Å²) >= 11 is 0. The van der Waals surface area contributed by atoms with Gasteiger partial charge in [-0.15, -0.1) is 0 Å². The molecule has 0 fully saturated rings. The Balaban J connectivity index is -0.000000229. The molecule has 0 aromatic heterocycles. The fourth-order valence-corrected chi connectivity index (χ4v) is 6.23. The molecule has 0 saturated carbocycles. The molecule has 32 heteroatoms. The van der Waals surface area contributed by atoms with Gasteiger partial charge in [0.25, 0.3) is 0 Å². The summed E-state index contributed by atoms with van der Waals surface area (Å²) in [6.45, 7) is 8.60. The predicted molar refractivity (Wildman–Crippen MR) is 327 cm³/mol. The van der Waals surface area contributed by atoms with Crippen molar-refractivity contribution in [2.75, 3.05) is 94.3 Å². The minimum absolute atomic E-state index is 0. The number of alkyl carbamates (subject to hydrolysis) is 8. The SMILES string of the molecule is C.C.C.C.C.C.C=CCOC(=O)C(CCCCNC(=O)OCCCCOC(=O)NCCCCC(NC(=O)OC)C(=O)OCC=C)NC(=O)OC.COC(=O)NC(CCCCNC(=O)OCCCCOC(=O)NCCCCC(NC(=O)OC)C(=O)O)C(=O)O. The first-order valence-electron chi connectivity index (χ1n) is 26.3. The fourth-order valence-electron chi connectivity index (χ4n) is 6.23. The molecule has 4 unspecified atom stereocenters. The van der Waals surface area contributed by atoms with E-state index in [9.17, 15) is 57.5 Å². The first kappa shape index (κ1) is 95.8. The maximum atomic E-state index is 12.0. The third-order valence-electron chi connectivity index (χ3n) is 10.5. The van der Waals surface area contributed by atoms with Crippen molar-refractivity contribution in [2.45, 2.75) is 171 Å². The number of carbonyl (C=O) groups excluding carboxylic acids is 10. The van der Waals surface area contributed by atoms with Gasteiger partial charge in [-0.3, -0.25) is 0 Å². The van der Waals surface area contributed by atoms with E-state index in [1.807, 2.05) is 0 Å². The number of nitrogens with one attached hydrogen (secondary N) is 8. The normalized spacial score (nSPS) is 10.8. The molecule has 0 radical (unpaired) electrons. The van der Waals surface area contributed by atoms with E-state index in [-0.39, 0.29) is 123 Å². The van der Waals surface area contributed by atoms with Gasteiger partial charge < -0.3 is 100 Å². The molecule has 0 saturated heterocycles. The van der Waals surface area contributed by atoms with Gasteiger partial charge in [0.15, 0.2) is 0 Å². The molecule has 0 heterocycles. The molecule has 10 N–H and O–H groups in total. The quantitative estimate of drug-likeness (QED) is 0.0123. The molecule has 0 aromatic rings. The predicted octanol–water partition coefficient (Wildman–Crippen LogP) is 7.46. The van der Waals surface area contributed by atoms with E-state index in [0.717, 1.165) is 14.2 Å². The van der Waals surface area contributed by atoms with Crippen LogP contribution in [0.5, 0.6) is 0 Å². The maximum Gasteiger partial charge on any atom is 0.407 e. The van der Waals surface area contributed by atoms with Crippen LogP contribution >= 0.6 is 0 Å². The van der Waals surface area contributed by atoms with Gasteiger partial charge in [-0.05, 0) is 103 Å². The van der Waals surface area contributed by atoms with Crippen LogP contribution in [0.25, 0.3) is 0 Å². The highest BCUT2D eigenvalue weighted by atomic mass is 16.6. The second-order valence-electron chi connectivity index (χ2n) is 16.9. The lowest BCUT2D eigenvalue weighted by molar-refractivity contribution is -0.145. The highest BCUT2D eigenvalue weighted by molar-refractivity contribution is 5.82. The molecule has 0 aliphatic rings. The summed E-state index contributed by atoms with van der Waals surface area (Å²) in [7, 11) is 4.64. The lowest BCUT2D eigenvalue weighted by Crippen LogP contribution is -2.42. The summed E-state index contributed by atoms with van der Waals surface area (Å²) in [6, 6.07) is -3.92. The van der Waals surface area contributed by atoms with Crippen LogP contribution in [0.15, 0.2) is 25.3 Å². The van der Waals surface area contributed by atoms with Crippen molar-refractivity contribution in [2.24, 2.45) is 0 Å². The van der Waals surface area contributed by atoms with Crippen molar-refractivity contribution < 1.29 is 115 Å². The molecule has 4 atom stereocenters.